The van der Waals surface area contributed by atoms with Crippen molar-refractivity contribution in [2.45, 2.75) is 11.3 Å². The summed E-state index contributed by atoms with van der Waals surface area (Å²) in [6.45, 7) is 5.19. The molecule has 10 heavy (non-hydrogen) atoms. The summed E-state index contributed by atoms with van der Waals surface area (Å²) >= 11 is 12.1. The van der Waals surface area contributed by atoms with Crippen molar-refractivity contribution in [1.82, 2.24) is 0 Å². The summed E-state index contributed by atoms with van der Waals surface area (Å²) in [6, 6.07) is 0. The maximum atomic E-state index is 10.9. The summed E-state index contributed by atoms with van der Waals surface area (Å²) in [5.74, 6) is 0.674. The van der Waals surface area contributed by atoms with Crippen molar-refractivity contribution in [1.29, 1.82) is 0 Å². The van der Waals surface area contributed by atoms with Gasteiger partial charge < -0.3 is 0 Å². The van der Waals surface area contributed by atoms with E-state index in [4.69, 9.17) is 23.2 Å². The number of allylic oxidation sites excluding steroid dienone is 1. The fourth-order valence-corrected chi connectivity index (χ4v) is 1.18. The van der Waals surface area contributed by atoms with Crippen LogP contribution in [0.3, 0.4) is 0 Å². The molecule has 0 aliphatic heterocycles. The first-order valence-electron chi connectivity index (χ1n) is 2.73. The van der Waals surface area contributed by atoms with E-state index in [0.717, 1.165) is 11.8 Å². The minimum Gasteiger partial charge on any atom is -0.283 e. The Labute approximate surface area is 74.8 Å². The summed E-state index contributed by atoms with van der Waals surface area (Å²) in [4.78, 5) is 10.9. The third-order valence-electron chi connectivity index (χ3n) is 0.804. The standard InChI is InChI=1S/C6H8Cl2OS/c1-3-6(7,8)5(9)10-4-2/h3H,1,4H2,2H3. The van der Waals surface area contributed by atoms with Gasteiger partial charge in [-0.25, -0.2) is 0 Å². The SMILES string of the molecule is C=CC(Cl)(Cl)C(=O)SCC. The molecular formula is C6H8Cl2OS. The Balaban J connectivity index is 4.04. The molecular weight excluding hydrogens is 191 g/mol. The Bertz CT molecular complexity index is 145. The van der Waals surface area contributed by atoms with E-state index in [1.54, 1.807) is 0 Å². The summed E-state index contributed by atoms with van der Waals surface area (Å²) < 4.78 is -1.42. The highest BCUT2D eigenvalue weighted by atomic mass is 35.5. The number of hydrogen-bond acceptors (Lipinski definition) is 2. The van der Waals surface area contributed by atoms with Gasteiger partial charge in [0.25, 0.3) is 0 Å². The first kappa shape index (κ1) is 10.3. The third-order valence-corrected chi connectivity index (χ3v) is 2.55. The van der Waals surface area contributed by atoms with Crippen molar-refractivity contribution in [2.24, 2.45) is 0 Å². The molecule has 0 heterocycles. The van der Waals surface area contributed by atoms with Crippen LogP contribution in [0.2, 0.25) is 0 Å². The fourth-order valence-electron chi connectivity index (χ4n) is 0.311. The van der Waals surface area contributed by atoms with Gasteiger partial charge in [0.1, 0.15) is 0 Å². The summed E-state index contributed by atoms with van der Waals surface area (Å²) in [7, 11) is 0. The summed E-state index contributed by atoms with van der Waals surface area (Å²) in [5, 5.41) is -0.270. The minimum absolute atomic E-state index is 0.270. The predicted molar refractivity (Wildman–Crippen MR) is 47.8 cm³/mol. The molecule has 0 amide bonds. The zero-order chi connectivity index (χ0) is 8.20. The lowest BCUT2D eigenvalue weighted by Crippen LogP contribution is -2.19. The van der Waals surface area contributed by atoms with Crippen molar-refractivity contribution in [2.75, 3.05) is 5.75 Å². The number of halogens is 2. The van der Waals surface area contributed by atoms with Gasteiger partial charge in [-0.1, -0.05) is 48.5 Å². The molecule has 0 aromatic rings. The van der Waals surface area contributed by atoms with Gasteiger partial charge in [-0.3, -0.25) is 4.79 Å². The van der Waals surface area contributed by atoms with Crippen molar-refractivity contribution < 1.29 is 4.79 Å². The van der Waals surface area contributed by atoms with Gasteiger partial charge in [-0.2, -0.15) is 0 Å². The lowest BCUT2D eigenvalue weighted by Gasteiger charge is -2.10. The van der Waals surface area contributed by atoms with Gasteiger partial charge >= 0.3 is 0 Å². The van der Waals surface area contributed by atoms with E-state index in [0.29, 0.717) is 5.75 Å². The molecule has 0 aromatic heterocycles. The average molecular weight is 199 g/mol. The smallest absolute Gasteiger partial charge is 0.228 e. The van der Waals surface area contributed by atoms with E-state index < -0.39 is 4.33 Å². The van der Waals surface area contributed by atoms with Crippen LogP contribution in [0, 0.1) is 0 Å². The molecule has 0 aliphatic rings. The molecule has 0 aromatic carbocycles. The zero-order valence-electron chi connectivity index (χ0n) is 5.56. The highest BCUT2D eigenvalue weighted by molar-refractivity contribution is 8.14. The zero-order valence-corrected chi connectivity index (χ0v) is 7.89. The fraction of sp³-hybridized carbons (Fsp3) is 0.500. The summed E-state index contributed by atoms with van der Waals surface area (Å²) in [5.41, 5.74) is 0. The molecule has 58 valence electrons. The van der Waals surface area contributed by atoms with Crippen molar-refractivity contribution in [3.63, 3.8) is 0 Å². The van der Waals surface area contributed by atoms with Crippen molar-refractivity contribution in [3.05, 3.63) is 12.7 Å². The molecule has 0 fully saturated rings. The van der Waals surface area contributed by atoms with E-state index in [2.05, 4.69) is 6.58 Å². The Kier molecular flexibility index (Phi) is 4.41. The highest BCUT2D eigenvalue weighted by Gasteiger charge is 2.29. The van der Waals surface area contributed by atoms with Crippen LogP contribution in [-0.2, 0) is 4.79 Å². The molecule has 0 bridgehead atoms. The van der Waals surface area contributed by atoms with E-state index in [-0.39, 0.29) is 5.12 Å². The lowest BCUT2D eigenvalue weighted by molar-refractivity contribution is -0.110. The van der Waals surface area contributed by atoms with E-state index in [9.17, 15) is 4.79 Å². The monoisotopic (exact) mass is 198 g/mol. The molecule has 0 radical (unpaired) electrons. The van der Waals surface area contributed by atoms with Crippen LogP contribution in [0.1, 0.15) is 6.92 Å². The molecule has 1 nitrogen and oxygen atoms in total. The minimum atomic E-state index is -1.42. The number of carbonyl (C=O) groups excluding carboxylic acids is 1. The van der Waals surface area contributed by atoms with Crippen LogP contribution < -0.4 is 0 Å². The van der Waals surface area contributed by atoms with Crippen LogP contribution in [0.4, 0.5) is 0 Å². The normalized spacial score (nSPS) is 11.1. The molecule has 0 saturated carbocycles. The average Bonchev–Trinajstić information content (AvgIpc) is 1.89. The van der Waals surface area contributed by atoms with Gasteiger partial charge in [-0.15, -0.1) is 0 Å². The van der Waals surface area contributed by atoms with E-state index in [1.807, 2.05) is 6.92 Å². The lowest BCUT2D eigenvalue weighted by atomic mass is 10.4. The van der Waals surface area contributed by atoms with Gasteiger partial charge in [0.05, 0.1) is 0 Å². The van der Waals surface area contributed by atoms with E-state index >= 15 is 0 Å². The molecule has 4 heteroatoms. The van der Waals surface area contributed by atoms with Crippen molar-refractivity contribution in [3.8, 4) is 0 Å². The molecule has 0 saturated heterocycles. The second-order valence-corrected chi connectivity index (χ2v) is 4.17. The van der Waals surface area contributed by atoms with Crippen molar-refractivity contribution >= 4 is 40.1 Å². The van der Waals surface area contributed by atoms with Gasteiger partial charge in [0.15, 0.2) is 0 Å². The molecule has 0 spiro atoms. The molecule has 0 aliphatic carbocycles. The predicted octanol–water partition coefficient (Wildman–Crippen LogP) is 2.63. The first-order valence-corrected chi connectivity index (χ1v) is 4.47. The number of thioether (sulfide) groups is 1. The quantitative estimate of drug-likeness (QED) is 0.513. The first-order chi connectivity index (χ1) is 4.54. The van der Waals surface area contributed by atoms with Crippen LogP contribution in [-0.4, -0.2) is 15.2 Å². The third kappa shape index (κ3) is 2.95. The maximum Gasteiger partial charge on any atom is 0.228 e. The molecule has 0 unspecified atom stereocenters. The van der Waals surface area contributed by atoms with Crippen LogP contribution in [0.15, 0.2) is 12.7 Å². The number of alkyl halides is 2. The van der Waals surface area contributed by atoms with E-state index in [1.165, 1.54) is 6.08 Å². The van der Waals surface area contributed by atoms with Crippen LogP contribution in [0.25, 0.3) is 0 Å². The largest absolute Gasteiger partial charge is 0.283 e. The number of hydrogen-bond donors (Lipinski definition) is 0. The van der Waals surface area contributed by atoms with Crippen LogP contribution >= 0.6 is 35.0 Å². The van der Waals surface area contributed by atoms with Gasteiger partial charge in [0, 0.05) is 0 Å². The summed E-state index contributed by atoms with van der Waals surface area (Å²) in [6.07, 6.45) is 1.22. The molecule has 0 rings (SSSR count). The second-order valence-electron chi connectivity index (χ2n) is 1.55. The van der Waals surface area contributed by atoms with Gasteiger partial charge in [0.2, 0.25) is 9.45 Å². The number of carbonyl (C=O) groups is 1. The Hall–Kier alpha value is 0.340. The van der Waals surface area contributed by atoms with Crippen LogP contribution in [0.5, 0.6) is 0 Å². The Morgan fingerprint density at radius 2 is 2.30 bits per heavy atom. The Morgan fingerprint density at radius 1 is 1.80 bits per heavy atom. The highest BCUT2D eigenvalue weighted by Crippen LogP contribution is 2.28. The number of rotatable bonds is 3. The topological polar surface area (TPSA) is 17.1 Å². The molecule has 0 atom stereocenters. The second kappa shape index (κ2) is 4.27. The molecule has 0 N–H and O–H groups in total. The Morgan fingerprint density at radius 3 is 2.60 bits per heavy atom. The maximum absolute atomic E-state index is 10.9. The van der Waals surface area contributed by atoms with Gasteiger partial charge in [-0.05, 0) is 11.8 Å².